The lowest BCUT2D eigenvalue weighted by Crippen LogP contribution is -2.44. The van der Waals surface area contributed by atoms with Crippen LogP contribution in [0, 0.1) is 6.92 Å². The highest BCUT2D eigenvalue weighted by atomic mass is 32.1. The Bertz CT molecular complexity index is 919. The van der Waals surface area contributed by atoms with Gasteiger partial charge in [-0.1, -0.05) is 37.0 Å². The second-order valence-electron chi connectivity index (χ2n) is 9.46. The van der Waals surface area contributed by atoms with Crippen molar-refractivity contribution in [2.24, 2.45) is 0 Å². The summed E-state index contributed by atoms with van der Waals surface area (Å²) in [6.45, 7) is 6.22. The average Bonchev–Trinajstić information content (AvgIpc) is 3.32. The lowest BCUT2D eigenvalue weighted by atomic mass is 9.83. The molecule has 3 heterocycles. The predicted molar refractivity (Wildman–Crippen MR) is 125 cm³/mol. The highest BCUT2D eigenvalue weighted by Crippen LogP contribution is 2.44. The van der Waals surface area contributed by atoms with Crippen LogP contribution in [0.2, 0.25) is 0 Å². The van der Waals surface area contributed by atoms with E-state index in [-0.39, 0.29) is 5.91 Å². The van der Waals surface area contributed by atoms with Crippen LogP contribution in [0.3, 0.4) is 0 Å². The molecule has 168 valence electrons. The summed E-state index contributed by atoms with van der Waals surface area (Å²) >= 11 is 1.65. The van der Waals surface area contributed by atoms with Crippen molar-refractivity contribution in [1.29, 1.82) is 0 Å². The zero-order valence-electron chi connectivity index (χ0n) is 18.8. The molecule has 1 N–H and O–H groups in total. The molecule has 7 nitrogen and oxygen atoms in total. The van der Waals surface area contributed by atoms with E-state index in [1.54, 1.807) is 17.5 Å². The number of carbonyl (C=O) groups excluding carboxylic acids is 1. The first-order chi connectivity index (χ1) is 15.1. The Morgan fingerprint density at radius 1 is 1.06 bits per heavy atom. The number of amides is 1. The number of rotatable bonds is 5. The zero-order valence-corrected chi connectivity index (χ0v) is 19.6. The van der Waals surface area contributed by atoms with Crippen molar-refractivity contribution in [2.75, 3.05) is 43.4 Å². The first kappa shape index (κ1) is 20.9. The molecule has 1 aliphatic heterocycles. The van der Waals surface area contributed by atoms with Crippen molar-refractivity contribution in [3.05, 3.63) is 23.1 Å². The van der Waals surface area contributed by atoms with Gasteiger partial charge in [0, 0.05) is 37.8 Å². The van der Waals surface area contributed by atoms with Crippen molar-refractivity contribution in [3.63, 3.8) is 0 Å². The van der Waals surface area contributed by atoms with Crippen molar-refractivity contribution in [2.45, 2.75) is 70.3 Å². The third-order valence-corrected chi connectivity index (χ3v) is 8.39. The van der Waals surface area contributed by atoms with Crippen LogP contribution in [0.15, 0.2) is 6.20 Å². The number of anilines is 2. The standard InChI is InChI=1S/C23H34N6OS/c1-16-19(15-24-29(16)18-9-4-3-5-10-18)21(30)26-23-25-20(17-7-6-8-17)22(31-23)28-13-11-27(2)12-14-28/h15,17-18H,3-14H2,1-2H3,(H,25,26,30). The van der Waals surface area contributed by atoms with E-state index < -0.39 is 0 Å². The quantitative estimate of drug-likeness (QED) is 0.742. The SMILES string of the molecule is Cc1c(C(=O)Nc2nc(C3CCC3)c(N3CCN(C)CC3)s2)cnn1C1CCCCC1. The monoisotopic (exact) mass is 442 g/mol. The number of nitrogens with one attached hydrogen (secondary N) is 1. The lowest BCUT2D eigenvalue weighted by molar-refractivity contribution is 0.102. The summed E-state index contributed by atoms with van der Waals surface area (Å²) in [5, 5.41) is 9.68. The van der Waals surface area contributed by atoms with Gasteiger partial charge in [0.1, 0.15) is 5.00 Å². The molecule has 3 fully saturated rings. The Morgan fingerprint density at radius 2 is 1.81 bits per heavy atom. The summed E-state index contributed by atoms with van der Waals surface area (Å²) in [5.74, 6) is 0.464. The Hall–Kier alpha value is -1.93. The summed E-state index contributed by atoms with van der Waals surface area (Å²) in [6, 6.07) is 0.434. The molecule has 0 radical (unpaired) electrons. The molecule has 8 heteroatoms. The van der Waals surface area contributed by atoms with E-state index in [1.807, 2.05) is 6.92 Å². The molecule has 0 unspecified atom stereocenters. The highest BCUT2D eigenvalue weighted by Gasteiger charge is 2.30. The van der Waals surface area contributed by atoms with E-state index in [1.165, 1.54) is 49.2 Å². The fourth-order valence-electron chi connectivity index (χ4n) is 5.07. The van der Waals surface area contributed by atoms with Gasteiger partial charge in [0.2, 0.25) is 0 Å². The lowest BCUT2D eigenvalue weighted by Gasteiger charge is -2.35. The van der Waals surface area contributed by atoms with Crippen LogP contribution in [-0.4, -0.2) is 58.8 Å². The Morgan fingerprint density at radius 3 is 2.48 bits per heavy atom. The molecule has 0 bridgehead atoms. The Balaban J connectivity index is 1.34. The van der Waals surface area contributed by atoms with E-state index >= 15 is 0 Å². The van der Waals surface area contributed by atoms with Crippen LogP contribution in [0.25, 0.3) is 0 Å². The maximum absolute atomic E-state index is 13.1. The van der Waals surface area contributed by atoms with Crippen LogP contribution in [-0.2, 0) is 0 Å². The van der Waals surface area contributed by atoms with Gasteiger partial charge in [0.15, 0.2) is 5.13 Å². The molecule has 0 aromatic carbocycles. The van der Waals surface area contributed by atoms with Gasteiger partial charge in [-0.25, -0.2) is 4.98 Å². The largest absolute Gasteiger partial charge is 0.359 e. The van der Waals surface area contributed by atoms with Crippen LogP contribution >= 0.6 is 11.3 Å². The minimum Gasteiger partial charge on any atom is -0.359 e. The first-order valence-electron chi connectivity index (χ1n) is 11.9. The number of likely N-dealkylation sites (N-methyl/N-ethyl adjacent to an activating group) is 1. The van der Waals surface area contributed by atoms with Crippen molar-refractivity contribution < 1.29 is 4.79 Å². The van der Waals surface area contributed by atoms with Gasteiger partial charge >= 0.3 is 0 Å². The van der Waals surface area contributed by atoms with Crippen LogP contribution in [0.5, 0.6) is 0 Å². The minimum absolute atomic E-state index is 0.0848. The molecule has 2 saturated carbocycles. The molecular weight excluding hydrogens is 408 g/mol. The molecule has 0 atom stereocenters. The van der Waals surface area contributed by atoms with E-state index in [4.69, 9.17) is 4.98 Å². The normalized spacial score (nSPS) is 21.3. The third kappa shape index (κ3) is 4.24. The Kier molecular flexibility index (Phi) is 6.01. The predicted octanol–water partition coefficient (Wildman–Crippen LogP) is 4.42. The molecule has 5 rings (SSSR count). The van der Waals surface area contributed by atoms with Crippen LogP contribution in [0.4, 0.5) is 10.1 Å². The van der Waals surface area contributed by atoms with Gasteiger partial charge in [-0.3, -0.25) is 14.8 Å². The van der Waals surface area contributed by atoms with E-state index in [0.29, 0.717) is 17.5 Å². The number of aromatic nitrogens is 3. The summed E-state index contributed by atoms with van der Waals surface area (Å²) in [4.78, 5) is 22.9. The molecule has 2 aromatic heterocycles. The summed E-state index contributed by atoms with van der Waals surface area (Å²) < 4.78 is 2.07. The summed E-state index contributed by atoms with van der Waals surface area (Å²) in [6.07, 6.45) is 11.6. The van der Waals surface area contributed by atoms with Gasteiger partial charge in [0.05, 0.1) is 23.5 Å². The first-order valence-corrected chi connectivity index (χ1v) is 12.7. The fraction of sp³-hybridized carbons (Fsp3) is 0.696. The van der Waals surface area contributed by atoms with Crippen molar-refractivity contribution in [3.8, 4) is 0 Å². The van der Waals surface area contributed by atoms with Crippen LogP contribution in [0.1, 0.15) is 85.1 Å². The topological polar surface area (TPSA) is 66.3 Å². The molecule has 0 spiro atoms. The molecule has 1 saturated heterocycles. The number of nitrogens with zero attached hydrogens (tertiary/aromatic N) is 5. The molecule has 31 heavy (non-hydrogen) atoms. The smallest absolute Gasteiger partial charge is 0.260 e. The maximum atomic E-state index is 13.1. The highest BCUT2D eigenvalue weighted by molar-refractivity contribution is 7.19. The molecule has 1 amide bonds. The van der Waals surface area contributed by atoms with Gasteiger partial charge in [0.25, 0.3) is 5.91 Å². The van der Waals surface area contributed by atoms with Gasteiger partial charge < -0.3 is 9.80 Å². The number of hydrogen-bond acceptors (Lipinski definition) is 6. The second-order valence-corrected chi connectivity index (χ2v) is 10.4. The molecule has 3 aliphatic rings. The number of carbonyl (C=O) groups is 1. The number of piperazine rings is 1. The van der Waals surface area contributed by atoms with E-state index in [0.717, 1.165) is 49.8 Å². The fourth-order valence-corrected chi connectivity index (χ4v) is 6.16. The number of thiazole rings is 1. The van der Waals surface area contributed by atoms with Crippen LogP contribution < -0.4 is 10.2 Å². The zero-order chi connectivity index (χ0) is 21.4. The third-order valence-electron chi connectivity index (χ3n) is 7.35. The summed E-state index contributed by atoms with van der Waals surface area (Å²) in [5.41, 5.74) is 2.84. The van der Waals surface area contributed by atoms with Gasteiger partial charge in [-0.2, -0.15) is 5.10 Å². The Labute approximate surface area is 188 Å². The van der Waals surface area contributed by atoms with Crippen molar-refractivity contribution >= 4 is 27.4 Å². The molecular formula is C23H34N6OS. The number of hydrogen-bond donors (Lipinski definition) is 1. The minimum atomic E-state index is -0.0848. The van der Waals surface area contributed by atoms with Gasteiger partial charge in [-0.15, -0.1) is 0 Å². The van der Waals surface area contributed by atoms with Gasteiger partial charge in [-0.05, 0) is 39.7 Å². The maximum Gasteiger partial charge on any atom is 0.260 e. The summed E-state index contributed by atoms with van der Waals surface area (Å²) in [7, 11) is 2.18. The van der Waals surface area contributed by atoms with Crippen molar-refractivity contribution in [1.82, 2.24) is 19.7 Å². The second kappa shape index (κ2) is 8.90. The average molecular weight is 443 g/mol. The molecule has 2 aromatic rings. The van der Waals surface area contributed by atoms with E-state index in [2.05, 4.69) is 31.9 Å². The molecule has 2 aliphatic carbocycles. The van der Waals surface area contributed by atoms with E-state index in [9.17, 15) is 4.79 Å².